The van der Waals surface area contributed by atoms with Gasteiger partial charge in [0.05, 0.1) is 0 Å². The van der Waals surface area contributed by atoms with E-state index in [4.69, 9.17) is 4.74 Å². The first-order chi connectivity index (χ1) is 8.67. The average Bonchev–Trinajstić information content (AvgIpc) is 2.61. The van der Waals surface area contributed by atoms with Crippen molar-refractivity contribution in [3.63, 3.8) is 0 Å². The van der Waals surface area contributed by atoms with Crippen LogP contribution in [0.1, 0.15) is 34.1 Å². The molecule has 1 aliphatic rings. The Morgan fingerprint density at radius 2 is 2.11 bits per heavy atom. The minimum atomic E-state index is -0.416. The van der Waals surface area contributed by atoms with E-state index in [2.05, 4.69) is 31.2 Å². The van der Waals surface area contributed by atoms with Crippen LogP contribution in [0, 0.1) is 0 Å². The predicted octanol–water partition coefficient (Wildman–Crippen LogP) is 1.54. The van der Waals surface area contributed by atoms with Crippen LogP contribution >= 0.6 is 0 Å². The van der Waals surface area contributed by atoms with Crippen molar-refractivity contribution in [3.05, 3.63) is 0 Å². The van der Waals surface area contributed by atoms with Crippen molar-refractivity contribution >= 4 is 6.09 Å². The lowest BCUT2D eigenvalue weighted by Crippen LogP contribution is -2.44. The van der Waals surface area contributed by atoms with Crippen LogP contribution in [0.15, 0.2) is 0 Å². The van der Waals surface area contributed by atoms with Crippen LogP contribution in [0.3, 0.4) is 0 Å². The van der Waals surface area contributed by atoms with Crippen molar-refractivity contribution in [2.75, 3.05) is 33.7 Å². The van der Waals surface area contributed by atoms with Gasteiger partial charge in [0.25, 0.3) is 0 Å². The van der Waals surface area contributed by atoms with Crippen LogP contribution in [0.25, 0.3) is 0 Å². The van der Waals surface area contributed by atoms with Crippen molar-refractivity contribution in [3.8, 4) is 0 Å². The van der Waals surface area contributed by atoms with E-state index in [0.717, 1.165) is 26.1 Å². The molecule has 2 atom stereocenters. The summed E-state index contributed by atoms with van der Waals surface area (Å²) >= 11 is 0. The molecule has 1 saturated heterocycles. The van der Waals surface area contributed by atoms with E-state index >= 15 is 0 Å². The fraction of sp³-hybridized carbons (Fsp3) is 0.929. The summed E-state index contributed by atoms with van der Waals surface area (Å²) in [6.07, 6.45) is 0.800. The Hall–Kier alpha value is -0.810. The molecule has 1 aliphatic heterocycles. The highest BCUT2D eigenvalue weighted by Gasteiger charge is 2.30. The van der Waals surface area contributed by atoms with Crippen LogP contribution in [0.5, 0.6) is 0 Å². The van der Waals surface area contributed by atoms with Crippen LogP contribution in [0.2, 0.25) is 0 Å². The summed E-state index contributed by atoms with van der Waals surface area (Å²) in [5, 5.41) is 3.57. The molecular weight excluding hydrogens is 242 g/mol. The molecule has 0 bridgehead atoms. The molecule has 1 N–H and O–H groups in total. The number of carbonyl (C=O) groups is 1. The lowest BCUT2D eigenvalue weighted by molar-refractivity contribution is 0.0290. The second-order valence-electron chi connectivity index (χ2n) is 6.74. The lowest BCUT2D eigenvalue weighted by atomic mass is 10.2. The molecule has 0 aromatic heterocycles. The molecule has 112 valence electrons. The lowest BCUT2D eigenvalue weighted by Gasteiger charge is -2.25. The molecular formula is C14H29N3O2. The number of nitrogens with zero attached hydrogens (tertiary/aromatic N) is 2. The molecule has 5 heteroatoms. The molecule has 1 amide bonds. The van der Waals surface area contributed by atoms with Gasteiger partial charge in [-0.2, -0.15) is 0 Å². The van der Waals surface area contributed by atoms with E-state index in [1.165, 1.54) is 0 Å². The molecule has 5 nitrogen and oxygen atoms in total. The third-order valence-corrected chi connectivity index (χ3v) is 3.00. The zero-order valence-corrected chi connectivity index (χ0v) is 13.2. The van der Waals surface area contributed by atoms with Gasteiger partial charge in [-0.05, 0) is 48.2 Å². The Labute approximate surface area is 117 Å². The minimum absolute atomic E-state index is 0.197. The fourth-order valence-corrected chi connectivity index (χ4v) is 2.39. The zero-order chi connectivity index (χ0) is 14.6. The number of ether oxygens (including phenoxy) is 1. The molecule has 0 aromatic carbocycles. The summed E-state index contributed by atoms with van der Waals surface area (Å²) < 4.78 is 5.39. The number of amides is 1. The van der Waals surface area contributed by atoms with E-state index in [1.54, 1.807) is 4.90 Å². The number of hydrogen-bond donors (Lipinski definition) is 1. The van der Waals surface area contributed by atoms with Gasteiger partial charge in [-0.15, -0.1) is 0 Å². The van der Waals surface area contributed by atoms with Gasteiger partial charge >= 0.3 is 6.09 Å². The Morgan fingerprint density at radius 3 is 2.63 bits per heavy atom. The normalized spacial score (nSPS) is 21.8. The molecule has 1 rings (SSSR count). The molecule has 0 aromatic rings. The fourth-order valence-electron chi connectivity index (χ4n) is 2.39. The molecule has 2 unspecified atom stereocenters. The topological polar surface area (TPSA) is 44.8 Å². The Balaban J connectivity index is 2.35. The van der Waals surface area contributed by atoms with Crippen LogP contribution in [-0.4, -0.2) is 67.3 Å². The summed E-state index contributed by atoms with van der Waals surface area (Å²) in [7, 11) is 4.14. The quantitative estimate of drug-likeness (QED) is 0.842. The van der Waals surface area contributed by atoms with Gasteiger partial charge in [-0.25, -0.2) is 4.79 Å². The maximum Gasteiger partial charge on any atom is 0.410 e. The van der Waals surface area contributed by atoms with Gasteiger partial charge in [0.1, 0.15) is 5.60 Å². The zero-order valence-electron chi connectivity index (χ0n) is 13.2. The summed E-state index contributed by atoms with van der Waals surface area (Å²) in [6.45, 7) is 10.4. The molecule has 1 fully saturated rings. The van der Waals surface area contributed by atoms with Crippen LogP contribution < -0.4 is 5.32 Å². The maximum atomic E-state index is 11.9. The van der Waals surface area contributed by atoms with E-state index in [9.17, 15) is 4.79 Å². The smallest absolute Gasteiger partial charge is 0.410 e. The van der Waals surface area contributed by atoms with Gasteiger partial charge in [-0.1, -0.05) is 0 Å². The van der Waals surface area contributed by atoms with Gasteiger partial charge < -0.3 is 19.9 Å². The Kier molecular flexibility index (Phi) is 5.62. The maximum absolute atomic E-state index is 11.9. The van der Waals surface area contributed by atoms with Gasteiger partial charge in [0.15, 0.2) is 0 Å². The minimum Gasteiger partial charge on any atom is -0.444 e. The Bertz CT molecular complexity index is 300. The number of nitrogens with one attached hydrogen (secondary N) is 1. The molecule has 0 aliphatic carbocycles. The van der Waals surface area contributed by atoms with Crippen molar-refractivity contribution in [2.24, 2.45) is 0 Å². The highest BCUT2D eigenvalue weighted by molar-refractivity contribution is 5.68. The van der Waals surface area contributed by atoms with Crippen molar-refractivity contribution in [1.82, 2.24) is 15.1 Å². The first-order valence-electron chi connectivity index (χ1n) is 7.06. The van der Waals surface area contributed by atoms with Gasteiger partial charge in [0.2, 0.25) is 0 Å². The Morgan fingerprint density at radius 1 is 1.47 bits per heavy atom. The highest BCUT2D eigenvalue weighted by Crippen LogP contribution is 2.15. The molecule has 19 heavy (non-hydrogen) atoms. The van der Waals surface area contributed by atoms with Gasteiger partial charge in [-0.3, -0.25) is 0 Å². The first kappa shape index (κ1) is 16.2. The van der Waals surface area contributed by atoms with E-state index in [-0.39, 0.29) is 6.09 Å². The number of rotatable bonds is 4. The summed E-state index contributed by atoms with van der Waals surface area (Å²) in [5.41, 5.74) is -0.416. The van der Waals surface area contributed by atoms with E-state index < -0.39 is 5.60 Å². The largest absolute Gasteiger partial charge is 0.444 e. The van der Waals surface area contributed by atoms with Crippen molar-refractivity contribution in [1.29, 1.82) is 0 Å². The molecule has 0 spiro atoms. The number of likely N-dealkylation sites (tertiary alicyclic amines) is 1. The summed E-state index contributed by atoms with van der Waals surface area (Å²) in [5.74, 6) is 0. The standard InChI is InChI=1S/C14H29N3O2/c1-11(9-16(5)6)15-12-7-8-17(10-12)13(18)19-14(2,3)4/h11-12,15H,7-10H2,1-6H3. The van der Waals surface area contributed by atoms with Crippen molar-refractivity contribution in [2.45, 2.75) is 51.8 Å². The third-order valence-electron chi connectivity index (χ3n) is 3.00. The van der Waals surface area contributed by atoms with Crippen LogP contribution in [-0.2, 0) is 4.74 Å². The second kappa shape index (κ2) is 6.57. The molecule has 0 radical (unpaired) electrons. The van der Waals surface area contributed by atoms with E-state index in [1.807, 2.05) is 20.8 Å². The number of likely N-dealkylation sites (N-methyl/N-ethyl adjacent to an activating group) is 1. The van der Waals surface area contributed by atoms with Gasteiger partial charge in [0, 0.05) is 31.7 Å². The number of carbonyl (C=O) groups excluding carboxylic acids is 1. The highest BCUT2D eigenvalue weighted by atomic mass is 16.6. The monoisotopic (exact) mass is 271 g/mol. The first-order valence-corrected chi connectivity index (χ1v) is 7.06. The molecule has 0 saturated carbocycles. The average molecular weight is 271 g/mol. The van der Waals surface area contributed by atoms with Crippen LogP contribution in [0.4, 0.5) is 4.79 Å². The molecule has 1 heterocycles. The van der Waals surface area contributed by atoms with E-state index in [0.29, 0.717) is 12.1 Å². The SMILES string of the molecule is CC(CN(C)C)NC1CCN(C(=O)OC(C)(C)C)C1. The second-order valence-corrected chi connectivity index (χ2v) is 6.74. The predicted molar refractivity (Wildman–Crippen MR) is 77.4 cm³/mol. The summed E-state index contributed by atoms with van der Waals surface area (Å²) in [6, 6.07) is 0.807. The number of hydrogen-bond acceptors (Lipinski definition) is 4. The summed E-state index contributed by atoms with van der Waals surface area (Å²) in [4.78, 5) is 15.9. The third kappa shape index (κ3) is 6.25. The van der Waals surface area contributed by atoms with Crippen molar-refractivity contribution < 1.29 is 9.53 Å².